The number of nitrogens with zero attached hydrogens (tertiary/aromatic N) is 2. The number of hydrogen-bond donors (Lipinski definition) is 0. The Bertz CT molecular complexity index is 1630. The standard InChI is InChI=1S/C29H20F2N2O4/c1-5-36-28(34)14(3)23-19-11-15(30)7-9-17(19)21-13-22-24(27(32-4)29(35)37-6-2)20-12-16(31)8-10-18(20)25(22)33-26(21)23/h7-13H,5-6H2,1-3H3/b23-14+,27-24+. The van der Waals surface area contributed by atoms with Gasteiger partial charge in [-0.3, -0.25) is 4.79 Å². The number of esters is 2. The minimum Gasteiger partial charge on any atom is -0.471 e. The van der Waals surface area contributed by atoms with Crippen molar-refractivity contribution in [1.82, 2.24) is 4.98 Å². The lowest BCUT2D eigenvalue weighted by molar-refractivity contribution is -0.139. The summed E-state index contributed by atoms with van der Waals surface area (Å²) in [7, 11) is 0. The van der Waals surface area contributed by atoms with Crippen LogP contribution in [-0.2, 0) is 19.1 Å². The van der Waals surface area contributed by atoms with E-state index in [1.54, 1.807) is 32.9 Å². The molecule has 0 unspecified atom stereocenters. The Kier molecular flexibility index (Phi) is 5.92. The lowest BCUT2D eigenvalue weighted by atomic mass is 9.99. The van der Waals surface area contributed by atoms with E-state index in [-0.39, 0.29) is 30.1 Å². The third-order valence-electron chi connectivity index (χ3n) is 6.35. The van der Waals surface area contributed by atoms with Crippen LogP contribution >= 0.6 is 0 Å². The second-order valence-corrected chi connectivity index (χ2v) is 8.44. The lowest BCUT2D eigenvalue weighted by Gasteiger charge is -2.10. The van der Waals surface area contributed by atoms with Gasteiger partial charge in [-0.05, 0) is 79.4 Å². The zero-order chi connectivity index (χ0) is 26.4. The van der Waals surface area contributed by atoms with Gasteiger partial charge in [-0.15, -0.1) is 0 Å². The Morgan fingerprint density at radius 2 is 1.38 bits per heavy atom. The van der Waals surface area contributed by atoms with Crippen molar-refractivity contribution in [3.05, 3.63) is 99.2 Å². The predicted octanol–water partition coefficient (Wildman–Crippen LogP) is 5.95. The smallest absolute Gasteiger partial charge is 0.336 e. The van der Waals surface area contributed by atoms with Gasteiger partial charge in [0.15, 0.2) is 0 Å². The fourth-order valence-corrected chi connectivity index (χ4v) is 4.84. The zero-order valence-corrected chi connectivity index (χ0v) is 20.2. The van der Waals surface area contributed by atoms with Crippen molar-refractivity contribution in [2.24, 2.45) is 0 Å². The molecule has 0 amide bonds. The zero-order valence-electron chi connectivity index (χ0n) is 20.2. The molecular formula is C29H20F2N2O4. The summed E-state index contributed by atoms with van der Waals surface area (Å²) in [5, 5.41) is 0. The number of benzene rings is 2. The first-order valence-corrected chi connectivity index (χ1v) is 11.6. The maximum absolute atomic E-state index is 14.3. The number of hydrogen-bond acceptors (Lipinski definition) is 5. The Balaban J connectivity index is 1.87. The number of ether oxygens (including phenoxy) is 2. The van der Waals surface area contributed by atoms with Crippen molar-refractivity contribution in [2.75, 3.05) is 13.2 Å². The SMILES string of the molecule is [C-]#[N+]/C(C(=O)OCC)=C1\c2cc(F)ccc2-c2nc3c(cc21)-c1ccc(F)cc1/C3=C(/C)C(=O)OCC. The highest BCUT2D eigenvalue weighted by Gasteiger charge is 2.36. The molecule has 2 aromatic carbocycles. The van der Waals surface area contributed by atoms with E-state index in [0.29, 0.717) is 50.3 Å². The summed E-state index contributed by atoms with van der Waals surface area (Å²) in [6.07, 6.45) is 0. The maximum Gasteiger partial charge on any atom is 0.336 e. The van der Waals surface area contributed by atoms with Crippen LogP contribution in [0.4, 0.5) is 8.78 Å². The van der Waals surface area contributed by atoms with E-state index in [0.717, 1.165) is 0 Å². The third-order valence-corrected chi connectivity index (χ3v) is 6.35. The maximum atomic E-state index is 14.3. The Hall–Kier alpha value is -4.64. The van der Waals surface area contributed by atoms with Crippen molar-refractivity contribution in [2.45, 2.75) is 20.8 Å². The van der Waals surface area contributed by atoms with Gasteiger partial charge in [0.1, 0.15) is 11.6 Å². The molecule has 2 aliphatic rings. The molecule has 8 heteroatoms. The van der Waals surface area contributed by atoms with E-state index in [4.69, 9.17) is 21.0 Å². The average molecular weight is 498 g/mol. The summed E-state index contributed by atoms with van der Waals surface area (Å²) >= 11 is 0. The number of carbonyl (C=O) groups excluding carboxylic acids is 2. The second kappa shape index (κ2) is 9.10. The van der Waals surface area contributed by atoms with E-state index in [9.17, 15) is 18.4 Å². The van der Waals surface area contributed by atoms with Gasteiger partial charge in [0.2, 0.25) is 0 Å². The molecule has 184 valence electrons. The minimum absolute atomic E-state index is 0.0661. The number of aromatic nitrogens is 1. The topological polar surface area (TPSA) is 69.8 Å². The molecule has 0 saturated heterocycles. The molecule has 1 heterocycles. The summed E-state index contributed by atoms with van der Waals surface area (Å²) < 4.78 is 39.0. The largest absolute Gasteiger partial charge is 0.471 e. The molecule has 0 atom stereocenters. The van der Waals surface area contributed by atoms with Gasteiger partial charge in [-0.2, -0.15) is 0 Å². The van der Waals surface area contributed by atoms with E-state index in [1.165, 1.54) is 30.3 Å². The highest BCUT2D eigenvalue weighted by atomic mass is 19.1. The van der Waals surface area contributed by atoms with E-state index in [2.05, 4.69) is 4.85 Å². The van der Waals surface area contributed by atoms with Crippen LogP contribution in [0, 0.1) is 18.2 Å². The summed E-state index contributed by atoms with van der Waals surface area (Å²) in [6, 6.07) is 10.0. The number of pyridine rings is 1. The van der Waals surface area contributed by atoms with Crippen LogP contribution in [0.5, 0.6) is 0 Å². The third kappa shape index (κ3) is 3.71. The summed E-state index contributed by atoms with van der Waals surface area (Å²) in [6.45, 7) is 12.8. The second-order valence-electron chi connectivity index (χ2n) is 8.44. The quantitative estimate of drug-likeness (QED) is 0.174. The summed E-state index contributed by atoms with van der Waals surface area (Å²) in [4.78, 5) is 33.7. The molecule has 0 spiro atoms. The number of halogens is 2. The molecular weight excluding hydrogens is 478 g/mol. The Labute approximate surface area is 211 Å². The molecule has 2 aliphatic carbocycles. The molecule has 3 aromatic rings. The van der Waals surface area contributed by atoms with Gasteiger partial charge in [0.05, 0.1) is 31.2 Å². The first-order chi connectivity index (χ1) is 17.8. The summed E-state index contributed by atoms with van der Waals surface area (Å²) in [5.74, 6) is -2.39. The molecule has 37 heavy (non-hydrogen) atoms. The van der Waals surface area contributed by atoms with Crippen molar-refractivity contribution < 1.29 is 27.8 Å². The highest BCUT2D eigenvalue weighted by molar-refractivity contribution is 6.14. The van der Waals surface area contributed by atoms with Gasteiger partial charge in [-0.1, -0.05) is 6.07 Å². The predicted molar refractivity (Wildman–Crippen MR) is 133 cm³/mol. The van der Waals surface area contributed by atoms with Gasteiger partial charge in [0, 0.05) is 27.8 Å². The molecule has 6 nitrogen and oxygen atoms in total. The van der Waals surface area contributed by atoms with Gasteiger partial charge >= 0.3 is 11.9 Å². The number of carbonyl (C=O) groups is 2. The van der Waals surface area contributed by atoms with Crippen LogP contribution in [0.1, 0.15) is 43.2 Å². The monoisotopic (exact) mass is 498 g/mol. The normalized spacial score (nSPS) is 15.1. The molecule has 0 radical (unpaired) electrons. The van der Waals surface area contributed by atoms with Gasteiger partial charge in [-0.25, -0.2) is 23.4 Å². The van der Waals surface area contributed by atoms with Crippen molar-refractivity contribution in [3.63, 3.8) is 0 Å². The molecule has 5 rings (SSSR count). The summed E-state index contributed by atoms with van der Waals surface area (Å²) in [5.41, 5.74) is 4.50. The van der Waals surface area contributed by atoms with Crippen LogP contribution in [0.25, 0.3) is 38.4 Å². The molecule has 0 saturated carbocycles. The van der Waals surface area contributed by atoms with Gasteiger partial charge < -0.3 is 9.47 Å². The highest BCUT2D eigenvalue weighted by Crippen LogP contribution is 2.52. The van der Waals surface area contributed by atoms with Crippen molar-refractivity contribution >= 4 is 23.1 Å². The molecule has 0 aliphatic heterocycles. The fraction of sp³-hybridized carbons (Fsp3) is 0.172. The van der Waals surface area contributed by atoms with E-state index >= 15 is 0 Å². The van der Waals surface area contributed by atoms with E-state index in [1.807, 2.05) is 0 Å². The fourth-order valence-electron chi connectivity index (χ4n) is 4.84. The minimum atomic E-state index is -0.822. The molecule has 1 aromatic heterocycles. The van der Waals surface area contributed by atoms with Crippen LogP contribution in [-0.4, -0.2) is 30.1 Å². The number of rotatable bonds is 4. The number of fused-ring (bicyclic) bond motifs is 6. The molecule has 0 fully saturated rings. The van der Waals surface area contributed by atoms with Crippen molar-refractivity contribution in [1.29, 1.82) is 0 Å². The Morgan fingerprint density at radius 1 is 0.784 bits per heavy atom. The van der Waals surface area contributed by atoms with Crippen LogP contribution in [0.3, 0.4) is 0 Å². The average Bonchev–Trinajstić information content (AvgIpc) is 3.34. The first-order valence-electron chi connectivity index (χ1n) is 11.6. The lowest BCUT2D eigenvalue weighted by Crippen LogP contribution is -2.08. The van der Waals surface area contributed by atoms with E-state index < -0.39 is 23.6 Å². The Morgan fingerprint density at radius 3 is 2.00 bits per heavy atom. The molecule has 0 bridgehead atoms. The first kappa shape index (κ1) is 24.1. The van der Waals surface area contributed by atoms with Crippen LogP contribution in [0.2, 0.25) is 0 Å². The molecule has 0 N–H and O–H groups in total. The van der Waals surface area contributed by atoms with Crippen LogP contribution < -0.4 is 0 Å². The van der Waals surface area contributed by atoms with Crippen molar-refractivity contribution in [3.8, 4) is 22.4 Å². The van der Waals surface area contributed by atoms with Crippen LogP contribution in [0.15, 0.2) is 53.7 Å². The van der Waals surface area contributed by atoms with Gasteiger partial charge in [0.25, 0.3) is 5.70 Å².